The number of ketones is 1. The van der Waals surface area contributed by atoms with Crippen LogP contribution in [0.3, 0.4) is 0 Å². The number of carbonyl (C=O) groups excluding carboxylic acids is 1. The Morgan fingerprint density at radius 1 is 1.50 bits per heavy atom. The van der Waals surface area contributed by atoms with E-state index >= 15 is 0 Å². The third-order valence-corrected chi connectivity index (χ3v) is 3.78. The summed E-state index contributed by atoms with van der Waals surface area (Å²) in [7, 11) is 0. The maximum Gasteiger partial charge on any atom is 1.00 e. The number of Topliss-reactive ketones (excluding diaryl/α,β-unsaturated/α-hetero) is 1. The quantitative estimate of drug-likeness (QED) is 0.526. The average molecular weight is 275 g/mol. The predicted octanol–water partition coefficient (Wildman–Crippen LogP) is -1.51. The van der Waals surface area contributed by atoms with Crippen molar-refractivity contribution in [2.75, 3.05) is 11.9 Å². The molecule has 0 saturated heterocycles. The number of rotatable bonds is 2. The molecule has 2 unspecified atom stereocenters. The minimum atomic E-state index is -2.19. The summed E-state index contributed by atoms with van der Waals surface area (Å²) in [6.07, 6.45) is 1.50. The fraction of sp³-hybridized carbons (Fsp3) is 0.417. The van der Waals surface area contributed by atoms with E-state index in [2.05, 4.69) is 5.32 Å². The minimum Gasteiger partial charge on any atom is -0.768 e. The molecule has 0 saturated carbocycles. The summed E-state index contributed by atoms with van der Waals surface area (Å²) in [6.45, 7) is 2.22. The van der Waals surface area contributed by atoms with Gasteiger partial charge < -0.3 is 9.87 Å². The molecule has 4 nitrogen and oxygen atoms in total. The van der Waals surface area contributed by atoms with Crippen LogP contribution >= 0.6 is 0 Å². The van der Waals surface area contributed by atoms with Gasteiger partial charge in [0.1, 0.15) is 5.78 Å². The number of benzene rings is 1. The SMILES string of the molecule is CC(=O)C1CCc2cc(S(=O)[O-])ccc2NC1.[Na+]. The zero-order valence-electron chi connectivity index (χ0n) is 10.6. The van der Waals surface area contributed by atoms with Crippen molar-refractivity contribution in [3.63, 3.8) is 0 Å². The zero-order valence-corrected chi connectivity index (χ0v) is 13.4. The van der Waals surface area contributed by atoms with Crippen molar-refractivity contribution in [3.8, 4) is 0 Å². The molecular weight excluding hydrogens is 261 g/mol. The number of anilines is 1. The van der Waals surface area contributed by atoms with Gasteiger partial charge in [-0.15, -0.1) is 0 Å². The molecule has 1 aromatic carbocycles. The number of carbonyl (C=O) groups is 1. The van der Waals surface area contributed by atoms with Gasteiger partial charge in [-0.3, -0.25) is 9.00 Å². The molecule has 0 radical (unpaired) electrons. The Hall–Kier alpha value is -0.200. The van der Waals surface area contributed by atoms with E-state index in [1.54, 1.807) is 25.1 Å². The number of hydrogen-bond acceptors (Lipinski definition) is 4. The van der Waals surface area contributed by atoms with Crippen LogP contribution in [0.4, 0.5) is 5.69 Å². The molecular formula is C12H14NNaO3S. The van der Waals surface area contributed by atoms with Crippen molar-refractivity contribution in [1.29, 1.82) is 0 Å². The van der Waals surface area contributed by atoms with E-state index in [4.69, 9.17) is 0 Å². The first kappa shape index (κ1) is 15.9. The predicted molar refractivity (Wildman–Crippen MR) is 64.6 cm³/mol. The molecule has 1 heterocycles. The smallest absolute Gasteiger partial charge is 0.768 e. The second-order valence-electron chi connectivity index (χ2n) is 4.28. The molecule has 2 atom stereocenters. The van der Waals surface area contributed by atoms with Crippen LogP contribution in [0.1, 0.15) is 18.9 Å². The van der Waals surface area contributed by atoms with Gasteiger partial charge in [0.2, 0.25) is 0 Å². The van der Waals surface area contributed by atoms with E-state index < -0.39 is 11.1 Å². The van der Waals surface area contributed by atoms with Gasteiger partial charge in [-0.05, 0) is 54.6 Å². The van der Waals surface area contributed by atoms with Gasteiger partial charge in [0.05, 0.1) is 0 Å². The van der Waals surface area contributed by atoms with Crippen molar-refractivity contribution in [3.05, 3.63) is 23.8 Å². The molecule has 18 heavy (non-hydrogen) atoms. The maximum atomic E-state index is 11.3. The molecule has 1 aliphatic heterocycles. The molecule has 2 rings (SSSR count). The Balaban J connectivity index is 0.00000162. The van der Waals surface area contributed by atoms with Crippen LogP contribution in [0.5, 0.6) is 0 Å². The fourth-order valence-electron chi connectivity index (χ4n) is 2.06. The van der Waals surface area contributed by atoms with E-state index in [0.29, 0.717) is 11.4 Å². The van der Waals surface area contributed by atoms with Crippen molar-refractivity contribution in [2.45, 2.75) is 24.7 Å². The summed E-state index contributed by atoms with van der Waals surface area (Å²) in [6, 6.07) is 5.01. The zero-order chi connectivity index (χ0) is 12.4. The van der Waals surface area contributed by atoms with E-state index in [-0.39, 0.29) is 41.3 Å². The molecule has 0 spiro atoms. The monoisotopic (exact) mass is 275 g/mol. The molecule has 0 fully saturated rings. The second-order valence-corrected chi connectivity index (χ2v) is 5.22. The van der Waals surface area contributed by atoms with Crippen LogP contribution in [-0.2, 0) is 22.3 Å². The summed E-state index contributed by atoms with van der Waals surface area (Å²) in [5.74, 6) is 0.196. The molecule has 0 bridgehead atoms. The second kappa shape index (κ2) is 6.82. The van der Waals surface area contributed by atoms with Crippen molar-refractivity contribution < 1.29 is 43.1 Å². The number of fused-ring (bicyclic) bond motifs is 1. The maximum absolute atomic E-state index is 11.3. The summed E-state index contributed by atoms with van der Waals surface area (Å²) in [4.78, 5) is 11.6. The molecule has 6 heteroatoms. The first-order valence-corrected chi connectivity index (χ1v) is 6.62. The van der Waals surface area contributed by atoms with Crippen molar-refractivity contribution >= 4 is 22.6 Å². The fourth-order valence-corrected chi connectivity index (χ4v) is 2.48. The number of aryl methyl sites for hydroxylation is 1. The Labute approximate surface area is 131 Å². The minimum absolute atomic E-state index is 0. The van der Waals surface area contributed by atoms with Crippen LogP contribution in [0, 0.1) is 5.92 Å². The van der Waals surface area contributed by atoms with Gasteiger partial charge in [0.25, 0.3) is 0 Å². The van der Waals surface area contributed by atoms with Crippen molar-refractivity contribution in [1.82, 2.24) is 0 Å². The van der Waals surface area contributed by atoms with Gasteiger partial charge in [-0.25, -0.2) is 0 Å². The summed E-state index contributed by atoms with van der Waals surface area (Å²) < 4.78 is 21.7. The van der Waals surface area contributed by atoms with Gasteiger partial charge >= 0.3 is 29.6 Å². The van der Waals surface area contributed by atoms with Crippen molar-refractivity contribution in [2.24, 2.45) is 5.92 Å². The van der Waals surface area contributed by atoms with Crippen LogP contribution in [0.25, 0.3) is 0 Å². The van der Waals surface area contributed by atoms with E-state index in [1.165, 1.54) is 0 Å². The Bertz CT molecular complexity index is 478. The van der Waals surface area contributed by atoms with Gasteiger partial charge in [0, 0.05) is 23.0 Å². The molecule has 1 aliphatic rings. The van der Waals surface area contributed by atoms with Crippen LogP contribution in [0.2, 0.25) is 0 Å². The Morgan fingerprint density at radius 3 is 2.83 bits per heavy atom. The number of nitrogens with one attached hydrogen (secondary N) is 1. The topological polar surface area (TPSA) is 69.2 Å². The van der Waals surface area contributed by atoms with E-state index in [9.17, 15) is 13.6 Å². The normalized spacial score (nSPS) is 19.8. The summed E-state index contributed by atoms with van der Waals surface area (Å²) in [5.41, 5.74) is 1.90. The van der Waals surface area contributed by atoms with E-state index in [1.807, 2.05) is 0 Å². The van der Waals surface area contributed by atoms with Crippen LogP contribution in [-0.4, -0.2) is 21.1 Å². The Kier molecular flexibility index (Phi) is 6.01. The first-order chi connectivity index (χ1) is 8.08. The molecule has 92 valence electrons. The summed E-state index contributed by atoms with van der Waals surface area (Å²) >= 11 is -2.19. The molecule has 1 aromatic rings. The van der Waals surface area contributed by atoms with Gasteiger partial charge in [0.15, 0.2) is 0 Å². The van der Waals surface area contributed by atoms with E-state index in [0.717, 1.165) is 24.1 Å². The third-order valence-electron chi connectivity index (χ3n) is 3.15. The van der Waals surface area contributed by atoms with Crippen LogP contribution < -0.4 is 34.9 Å². The molecule has 0 aromatic heterocycles. The molecule has 1 N–H and O–H groups in total. The molecule has 0 amide bonds. The summed E-state index contributed by atoms with van der Waals surface area (Å²) in [5, 5.41) is 3.20. The number of hydrogen-bond donors (Lipinski definition) is 1. The molecule has 0 aliphatic carbocycles. The largest absolute Gasteiger partial charge is 1.00 e. The third kappa shape index (κ3) is 3.65. The first-order valence-electron chi connectivity index (χ1n) is 5.54. The van der Waals surface area contributed by atoms with Gasteiger partial charge in [-0.2, -0.15) is 0 Å². The van der Waals surface area contributed by atoms with Gasteiger partial charge in [-0.1, -0.05) is 0 Å². The average Bonchev–Trinajstić information content (AvgIpc) is 2.50. The standard InChI is InChI=1S/C12H15NO3S.Na/c1-8(14)10-3-2-9-6-11(17(15)16)4-5-12(9)13-7-10;/h4-6,10,13H,2-3,7H2,1H3,(H,15,16);/q;+1/p-1. The van der Waals surface area contributed by atoms with Crippen LogP contribution in [0.15, 0.2) is 23.1 Å². The Morgan fingerprint density at radius 2 is 2.22 bits per heavy atom.